The third-order valence-electron chi connectivity index (χ3n) is 1.65. The Morgan fingerprint density at radius 3 is 2.67 bits per heavy atom. The van der Waals surface area contributed by atoms with Crippen molar-refractivity contribution >= 4 is 5.97 Å². The minimum absolute atomic E-state index is 0.0706. The van der Waals surface area contributed by atoms with Crippen LogP contribution in [0.4, 0.5) is 8.78 Å². The fourth-order valence-electron chi connectivity index (χ4n) is 0.932. The van der Waals surface area contributed by atoms with Gasteiger partial charge < -0.3 is 9.47 Å². The third-order valence-corrected chi connectivity index (χ3v) is 1.65. The number of aromatic nitrogens is 1. The van der Waals surface area contributed by atoms with Crippen LogP contribution < -0.4 is 4.74 Å². The summed E-state index contributed by atoms with van der Waals surface area (Å²) in [6.45, 7) is -1.42. The average Bonchev–Trinajstić information content (AvgIpc) is 2.19. The van der Waals surface area contributed by atoms with E-state index in [1.165, 1.54) is 19.2 Å². The first-order valence-corrected chi connectivity index (χ1v) is 4.05. The topological polar surface area (TPSA) is 48.4 Å². The Morgan fingerprint density at radius 2 is 2.13 bits per heavy atom. The van der Waals surface area contributed by atoms with E-state index in [1.807, 2.05) is 0 Å². The fraction of sp³-hybridized carbons (Fsp3) is 0.333. The average molecular weight is 217 g/mol. The van der Waals surface area contributed by atoms with Crippen LogP contribution in [0.3, 0.4) is 0 Å². The number of carbonyl (C=O) groups excluding carboxylic acids is 1. The number of ether oxygens (including phenoxy) is 2. The maximum atomic E-state index is 11.9. The highest BCUT2D eigenvalue weighted by Gasteiger charge is 2.13. The van der Waals surface area contributed by atoms with E-state index in [2.05, 4.69) is 14.5 Å². The highest BCUT2D eigenvalue weighted by Crippen LogP contribution is 2.17. The molecule has 82 valence electrons. The van der Waals surface area contributed by atoms with Crippen molar-refractivity contribution in [1.29, 1.82) is 0 Å². The number of pyridine rings is 1. The van der Waals surface area contributed by atoms with Gasteiger partial charge in [0.05, 0.1) is 7.11 Å². The number of rotatable bonds is 3. The van der Waals surface area contributed by atoms with Gasteiger partial charge in [-0.3, -0.25) is 0 Å². The maximum Gasteiger partial charge on any atom is 0.388 e. The molecule has 1 heterocycles. The molecule has 0 atom stereocenters. The summed E-state index contributed by atoms with van der Waals surface area (Å²) in [6, 6.07) is 2.83. The zero-order valence-corrected chi connectivity index (χ0v) is 8.16. The Morgan fingerprint density at radius 1 is 1.47 bits per heavy atom. The first-order valence-electron chi connectivity index (χ1n) is 4.05. The Bertz CT molecular complexity index is 368. The molecule has 0 bridgehead atoms. The van der Waals surface area contributed by atoms with Gasteiger partial charge in [0.2, 0.25) is 5.88 Å². The second-order valence-electron chi connectivity index (χ2n) is 2.69. The van der Waals surface area contributed by atoms with Crippen molar-refractivity contribution in [3.05, 3.63) is 23.4 Å². The predicted octanol–water partition coefficient (Wildman–Crippen LogP) is 1.78. The Hall–Kier alpha value is -1.72. The van der Waals surface area contributed by atoms with Gasteiger partial charge in [0.1, 0.15) is 0 Å². The lowest BCUT2D eigenvalue weighted by atomic mass is 10.2. The number of hydrogen-bond donors (Lipinski definition) is 0. The smallest absolute Gasteiger partial charge is 0.388 e. The lowest BCUT2D eigenvalue weighted by Crippen LogP contribution is -2.09. The molecular formula is C9H9F2NO3. The zero-order valence-electron chi connectivity index (χ0n) is 8.16. The third kappa shape index (κ3) is 2.87. The van der Waals surface area contributed by atoms with Crippen LogP contribution in [-0.2, 0) is 4.74 Å². The van der Waals surface area contributed by atoms with Crippen LogP contribution in [0, 0.1) is 6.92 Å². The predicted molar refractivity (Wildman–Crippen MR) is 46.9 cm³/mol. The maximum absolute atomic E-state index is 11.9. The van der Waals surface area contributed by atoms with Gasteiger partial charge in [-0.2, -0.15) is 8.78 Å². The molecule has 6 heteroatoms. The van der Waals surface area contributed by atoms with Gasteiger partial charge in [0, 0.05) is 5.56 Å². The molecule has 0 saturated heterocycles. The molecule has 1 aromatic rings. The Kier molecular flexibility index (Phi) is 3.54. The van der Waals surface area contributed by atoms with Crippen LogP contribution in [0.15, 0.2) is 12.1 Å². The van der Waals surface area contributed by atoms with Crippen LogP contribution in [0.5, 0.6) is 5.88 Å². The standard InChI is InChI=1S/C9H9F2NO3/c1-5-3-4-6(8(13)14-2)12-7(5)15-9(10)11/h3-4,9H,1-2H3. The van der Waals surface area contributed by atoms with E-state index in [1.54, 1.807) is 6.92 Å². The molecule has 0 saturated carbocycles. The molecule has 1 rings (SSSR count). The SMILES string of the molecule is COC(=O)c1ccc(C)c(OC(F)F)n1. The molecule has 0 spiro atoms. The molecular weight excluding hydrogens is 208 g/mol. The van der Waals surface area contributed by atoms with Gasteiger partial charge >= 0.3 is 12.6 Å². The molecule has 0 N–H and O–H groups in total. The van der Waals surface area contributed by atoms with Gasteiger partial charge in [0.15, 0.2) is 5.69 Å². The number of alkyl halides is 2. The largest absolute Gasteiger partial charge is 0.464 e. The van der Waals surface area contributed by atoms with Crippen molar-refractivity contribution in [2.75, 3.05) is 7.11 Å². The molecule has 0 aliphatic rings. The van der Waals surface area contributed by atoms with Crippen LogP contribution in [-0.4, -0.2) is 24.7 Å². The Labute approximate surface area is 84.8 Å². The molecule has 0 radical (unpaired) electrons. The molecule has 0 fully saturated rings. The summed E-state index contributed by atoms with van der Waals surface area (Å²) in [5.41, 5.74) is 0.349. The van der Waals surface area contributed by atoms with Gasteiger partial charge in [-0.25, -0.2) is 9.78 Å². The van der Waals surface area contributed by atoms with Crippen LogP contribution in [0.2, 0.25) is 0 Å². The number of nitrogens with zero attached hydrogens (tertiary/aromatic N) is 1. The van der Waals surface area contributed by atoms with E-state index in [0.29, 0.717) is 5.56 Å². The number of carbonyl (C=O) groups is 1. The molecule has 0 amide bonds. The van der Waals surface area contributed by atoms with Crippen molar-refractivity contribution in [3.63, 3.8) is 0 Å². The summed E-state index contributed by atoms with van der Waals surface area (Å²) in [6.07, 6.45) is 0. The molecule has 0 unspecified atom stereocenters. The number of halogens is 2. The van der Waals surface area contributed by atoms with E-state index in [0.717, 1.165) is 0 Å². The summed E-state index contributed by atoms with van der Waals surface area (Å²) in [5.74, 6) is -0.970. The van der Waals surface area contributed by atoms with E-state index in [9.17, 15) is 13.6 Å². The fourth-order valence-corrected chi connectivity index (χ4v) is 0.932. The first kappa shape index (κ1) is 11.4. The summed E-state index contributed by atoms with van der Waals surface area (Å²) in [4.78, 5) is 14.6. The molecule has 0 aliphatic carbocycles. The second kappa shape index (κ2) is 4.68. The van der Waals surface area contributed by atoms with Crippen molar-refractivity contribution in [1.82, 2.24) is 4.98 Å². The molecule has 0 aromatic carbocycles. The minimum atomic E-state index is -2.97. The summed E-state index contributed by atoms with van der Waals surface area (Å²) >= 11 is 0. The quantitative estimate of drug-likeness (QED) is 0.724. The van der Waals surface area contributed by atoms with E-state index in [-0.39, 0.29) is 11.6 Å². The highest BCUT2D eigenvalue weighted by atomic mass is 19.3. The van der Waals surface area contributed by atoms with E-state index in [4.69, 9.17) is 0 Å². The summed E-state index contributed by atoms with van der Waals surface area (Å²) in [7, 11) is 1.18. The molecule has 0 aliphatic heterocycles. The van der Waals surface area contributed by atoms with Crippen LogP contribution >= 0.6 is 0 Å². The zero-order chi connectivity index (χ0) is 11.4. The van der Waals surface area contributed by atoms with Crippen molar-refractivity contribution < 1.29 is 23.0 Å². The van der Waals surface area contributed by atoms with Crippen LogP contribution in [0.25, 0.3) is 0 Å². The van der Waals surface area contributed by atoms with Gasteiger partial charge in [-0.05, 0) is 13.0 Å². The minimum Gasteiger partial charge on any atom is -0.464 e. The molecule has 1 aromatic heterocycles. The van der Waals surface area contributed by atoms with Crippen molar-refractivity contribution in [3.8, 4) is 5.88 Å². The number of aryl methyl sites for hydroxylation is 1. The number of esters is 1. The first-order chi connectivity index (χ1) is 7.04. The Balaban J connectivity index is 2.99. The lowest BCUT2D eigenvalue weighted by Gasteiger charge is -2.07. The van der Waals surface area contributed by atoms with Gasteiger partial charge in [0.25, 0.3) is 0 Å². The molecule has 15 heavy (non-hydrogen) atoms. The molecule has 4 nitrogen and oxygen atoms in total. The van der Waals surface area contributed by atoms with Gasteiger partial charge in [-0.1, -0.05) is 6.07 Å². The van der Waals surface area contributed by atoms with Gasteiger partial charge in [-0.15, -0.1) is 0 Å². The van der Waals surface area contributed by atoms with E-state index >= 15 is 0 Å². The monoisotopic (exact) mass is 217 g/mol. The highest BCUT2D eigenvalue weighted by molar-refractivity contribution is 5.87. The van der Waals surface area contributed by atoms with E-state index < -0.39 is 12.6 Å². The summed E-state index contributed by atoms with van der Waals surface area (Å²) in [5, 5.41) is 0. The number of hydrogen-bond acceptors (Lipinski definition) is 4. The van der Waals surface area contributed by atoms with Crippen molar-refractivity contribution in [2.45, 2.75) is 13.5 Å². The van der Waals surface area contributed by atoms with Crippen molar-refractivity contribution in [2.24, 2.45) is 0 Å². The number of methoxy groups -OCH3 is 1. The lowest BCUT2D eigenvalue weighted by molar-refractivity contribution is -0.0534. The summed E-state index contributed by atoms with van der Waals surface area (Å²) < 4.78 is 32.4. The van der Waals surface area contributed by atoms with Crippen LogP contribution in [0.1, 0.15) is 16.1 Å². The second-order valence-corrected chi connectivity index (χ2v) is 2.69. The normalized spacial score (nSPS) is 10.2.